The van der Waals surface area contributed by atoms with Crippen molar-refractivity contribution < 1.29 is 14.3 Å². The minimum atomic E-state index is -0.565. The van der Waals surface area contributed by atoms with Gasteiger partial charge in [-0.1, -0.05) is 27.7 Å². The summed E-state index contributed by atoms with van der Waals surface area (Å²) in [6.45, 7) is 10.2. The molecular formula is C10H20O3. The van der Waals surface area contributed by atoms with Crippen LogP contribution in [0.25, 0.3) is 0 Å². The smallest absolute Gasteiger partial charge is 0.434 e. The van der Waals surface area contributed by atoms with E-state index in [0.29, 0.717) is 6.61 Å². The molecule has 0 aliphatic heterocycles. The maximum Gasteiger partial charge on any atom is 0.508 e. The van der Waals surface area contributed by atoms with Crippen molar-refractivity contribution in [1.29, 1.82) is 0 Å². The second-order valence-corrected chi connectivity index (χ2v) is 4.44. The summed E-state index contributed by atoms with van der Waals surface area (Å²) in [5.41, 5.74) is -0.00548. The van der Waals surface area contributed by atoms with Crippen molar-refractivity contribution in [2.45, 2.75) is 47.1 Å². The lowest BCUT2D eigenvalue weighted by Gasteiger charge is -2.18. The molecule has 0 aliphatic rings. The van der Waals surface area contributed by atoms with Crippen molar-refractivity contribution in [3.05, 3.63) is 0 Å². The molecule has 0 aliphatic carbocycles. The van der Waals surface area contributed by atoms with Gasteiger partial charge in [0.05, 0.1) is 6.61 Å². The van der Waals surface area contributed by atoms with E-state index in [1.807, 2.05) is 34.6 Å². The fourth-order valence-corrected chi connectivity index (χ4v) is 0.557. The van der Waals surface area contributed by atoms with E-state index in [1.54, 1.807) is 0 Å². The summed E-state index contributed by atoms with van der Waals surface area (Å²) in [5.74, 6) is 0. The molecule has 0 saturated heterocycles. The first-order chi connectivity index (χ1) is 5.85. The predicted molar refractivity (Wildman–Crippen MR) is 51.6 cm³/mol. The fraction of sp³-hybridized carbons (Fsp3) is 0.900. The molecule has 0 heterocycles. The van der Waals surface area contributed by atoms with Crippen molar-refractivity contribution in [2.75, 3.05) is 6.61 Å². The molecule has 13 heavy (non-hydrogen) atoms. The normalized spacial score (nSPS) is 13.6. The third-order valence-corrected chi connectivity index (χ3v) is 1.50. The van der Waals surface area contributed by atoms with E-state index < -0.39 is 6.16 Å². The third-order valence-electron chi connectivity index (χ3n) is 1.50. The first-order valence-corrected chi connectivity index (χ1v) is 4.68. The molecule has 0 bridgehead atoms. The zero-order valence-corrected chi connectivity index (χ0v) is 9.22. The van der Waals surface area contributed by atoms with Gasteiger partial charge in [0.1, 0.15) is 6.10 Å². The summed E-state index contributed by atoms with van der Waals surface area (Å²) in [5, 5.41) is 0. The van der Waals surface area contributed by atoms with Crippen LogP contribution < -0.4 is 0 Å². The van der Waals surface area contributed by atoms with Gasteiger partial charge in [0.15, 0.2) is 0 Å². The molecule has 0 spiro atoms. The van der Waals surface area contributed by atoms with Crippen molar-refractivity contribution in [1.82, 2.24) is 0 Å². The van der Waals surface area contributed by atoms with Crippen LogP contribution in [-0.2, 0) is 9.47 Å². The number of rotatable bonds is 3. The van der Waals surface area contributed by atoms with E-state index >= 15 is 0 Å². The number of hydrogen-bond acceptors (Lipinski definition) is 3. The van der Waals surface area contributed by atoms with E-state index in [4.69, 9.17) is 9.47 Å². The van der Waals surface area contributed by atoms with Crippen LogP contribution in [0.15, 0.2) is 0 Å². The minimum absolute atomic E-state index is 0.00548. The Bertz CT molecular complexity index is 158. The van der Waals surface area contributed by atoms with Gasteiger partial charge in [-0.2, -0.15) is 0 Å². The maximum atomic E-state index is 11.0. The molecule has 0 radical (unpaired) electrons. The van der Waals surface area contributed by atoms with Crippen LogP contribution in [0.4, 0.5) is 4.79 Å². The van der Waals surface area contributed by atoms with Crippen molar-refractivity contribution in [2.24, 2.45) is 5.41 Å². The lowest BCUT2D eigenvalue weighted by molar-refractivity contribution is 0.0110. The van der Waals surface area contributed by atoms with Crippen LogP contribution in [0.1, 0.15) is 41.0 Å². The van der Waals surface area contributed by atoms with Crippen LogP contribution in [-0.4, -0.2) is 18.9 Å². The fourth-order valence-electron chi connectivity index (χ4n) is 0.557. The molecule has 0 aromatic heterocycles. The first kappa shape index (κ1) is 12.3. The highest BCUT2D eigenvalue weighted by Crippen LogP contribution is 2.13. The van der Waals surface area contributed by atoms with Crippen LogP contribution in [0.5, 0.6) is 0 Å². The van der Waals surface area contributed by atoms with E-state index in [0.717, 1.165) is 6.42 Å². The van der Waals surface area contributed by atoms with Gasteiger partial charge in [0.2, 0.25) is 0 Å². The second-order valence-electron chi connectivity index (χ2n) is 4.44. The largest absolute Gasteiger partial charge is 0.508 e. The lowest BCUT2D eigenvalue weighted by Crippen LogP contribution is -2.21. The average Bonchev–Trinajstić information content (AvgIpc) is 1.99. The van der Waals surface area contributed by atoms with Crippen LogP contribution >= 0.6 is 0 Å². The van der Waals surface area contributed by atoms with Crippen LogP contribution in [0.2, 0.25) is 0 Å². The van der Waals surface area contributed by atoms with Gasteiger partial charge < -0.3 is 9.47 Å². The molecule has 0 aromatic rings. The molecule has 0 aromatic carbocycles. The highest BCUT2D eigenvalue weighted by Gasteiger charge is 2.15. The summed E-state index contributed by atoms with van der Waals surface area (Å²) in [7, 11) is 0. The summed E-state index contributed by atoms with van der Waals surface area (Å²) in [4.78, 5) is 11.0. The quantitative estimate of drug-likeness (QED) is 0.639. The van der Waals surface area contributed by atoms with Gasteiger partial charge in [-0.3, -0.25) is 0 Å². The maximum absolute atomic E-state index is 11.0. The second kappa shape index (κ2) is 5.10. The Morgan fingerprint density at radius 1 is 1.38 bits per heavy atom. The molecule has 0 fully saturated rings. The van der Waals surface area contributed by atoms with Crippen molar-refractivity contribution in [3.63, 3.8) is 0 Å². The zero-order chi connectivity index (χ0) is 10.5. The number of ether oxygens (including phenoxy) is 2. The zero-order valence-electron chi connectivity index (χ0n) is 9.22. The van der Waals surface area contributed by atoms with Crippen molar-refractivity contribution in [3.8, 4) is 0 Å². The molecule has 0 unspecified atom stereocenters. The van der Waals surface area contributed by atoms with Crippen LogP contribution in [0.3, 0.4) is 0 Å². The van der Waals surface area contributed by atoms with Gasteiger partial charge in [-0.15, -0.1) is 0 Å². The Balaban J connectivity index is 3.64. The summed E-state index contributed by atoms with van der Waals surface area (Å²) < 4.78 is 9.85. The highest BCUT2D eigenvalue weighted by molar-refractivity contribution is 5.60. The lowest BCUT2D eigenvalue weighted by atomic mass is 9.99. The molecule has 0 N–H and O–H groups in total. The molecule has 3 nitrogen and oxygen atoms in total. The van der Waals surface area contributed by atoms with E-state index in [-0.39, 0.29) is 11.5 Å². The monoisotopic (exact) mass is 188 g/mol. The third kappa shape index (κ3) is 7.62. The molecule has 0 saturated carbocycles. The van der Waals surface area contributed by atoms with E-state index in [9.17, 15) is 4.79 Å². The average molecular weight is 188 g/mol. The molecule has 3 heteroatoms. The Morgan fingerprint density at radius 3 is 2.31 bits per heavy atom. The standard InChI is InChI=1S/C10H20O3/c1-6-8(2)13-9(11)12-7-10(3,4)5/h8H,6-7H2,1-5H3/t8-/m0/s1. The Kier molecular flexibility index (Phi) is 4.81. The molecule has 0 amide bonds. The molecule has 1 atom stereocenters. The summed E-state index contributed by atoms with van der Waals surface area (Å²) in [6.07, 6.45) is 0.182. The number of carbonyl (C=O) groups excluding carboxylic acids is 1. The minimum Gasteiger partial charge on any atom is -0.434 e. The Hall–Kier alpha value is -0.730. The van der Waals surface area contributed by atoms with Gasteiger partial charge in [-0.05, 0) is 18.8 Å². The highest BCUT2D eigenvalue weighted by atomic mass is 16.7. The van der Waals surface area contributed by atoms with Gasteiger partial charge in [0.25, 0.3) is 0 Å². The first-order valence-electron chi connectivity index (χ1n) is 4.68. The SMILES string of the molecule is CC[C@H](C)OC(=O)OCC(C)(C)C. The summed E-state index contributed by atoms with van der Waals surface area (Å²) >= 11 is 0. The molecular weight excluding hydrogens is 168 g/mol. The number of carbonyl (C=O) groups is 1. The van der Waals surface area contributed by atoms with Crippen molar-refractivity contribution >= 4 is 6.16 Å². The van der Waals surface area contributed by atoms with E-state index in [2.05, 4.69) is 0 Å². The number of hydrogen-bond donors (Lipinski definition) is 0. The topological polar surface area (TPSA) is 35.5 Å². The summed E-state index contributed by atoms with van der Waals surface area (Å²) in [6, 6.07) is 0. The Labute approximate surface area is 80.4 Å². The van der Waals surface area contributed by atoms with Gasteiger partial charge in [-0.25, -0.2) is 4.79 Å². The molecule has 78 valence electrons. The van der Waals surface area contributed by atoms with Gasteiger partial charge in [0, 0.05) is 0 Å². The van der Waals surface area contributed by atoms with E-state index in [1.165, 1.54) is 0 Å². The van der Waals surface area contributed by atoms with Gasteiger partial charge >= 0.3 is 6.16 Å². The Morgan fingerprint density at radius 2 is 1.92 bits per heavy atom. The molecule has 0 rings (SSSR count). The predicted octanol–water partition coefficient (Wildman–Crippen LogP) is 2.98. The van der Waals surface area contributed by atoms with Crippen LogP contribution in [0, 0.1) is 5.41 Å².